The minimum Gasteiger partial charge on any atom is -0.341 e. The van der Waals surface area contributed by atoms with E-state index in [-0.39, 0.29) is 18.4 Å². The van der Waals surface area contributed by atoms with Crippen LogP contribution in [0.15, 0.2) is 53.4 Å². The van der Waals surface area contributed by atoms with Crippen LogP contribution in [0.2, 0.25) is 0 Å². The summed E-state index contributed by atoms with van der Waals surface area (Å²) in [5.41, 5.74) is 2.48. The molecule has 0 unspecified atom stereocenters. The van der Waals surface area contributed by atoms with Crippen LogP contribution in [-0.2, 0) is 4.79 Å². The molecule has 0 saturated carbocycles. The lowest BCUT2D eigenvalue weighted by molar-refractivity contribution is -0.119. The van der Waals surface area contributed by atoms with E-state index in [1.54, 1.807) is 11.8 Å². The van der Waals surface area contributed by atoms with E-state index >= 15 is 0 Å². The number of carbonyl (C=O) groups is 2. The first kappa shape index (κ1) is 20.0. The zero-order chi connectivity index (χ0) is 19.8. The van der Waals surface area contributed by atoms with Crippen LogP contribution in [0.3, 0.4) is 0 Å². The molecule has 144 valence electrons. The molecule has 1 heterocycles. The second-order valence-electron chi connectivity index (χ2n) is 6.46. The summed E-state index contributed by atoms with van der Waals surface area (Å²) >= 11 is 1.65. The van der Waals surface area contributed by atoms with Gasteiger partial charge in [0.05, 0.1) is 12.1 Å². The van der Waals surface area contributed by atoms with E-state index in [9.17, 15) is 9.59 Å². The average molecular weight is 393 g/mol. The van der Waals surface area contributed by atoms with E-state index in [0.717, 1.165) is 41.3 Å². The van der Waals surface area contributed by atoms with Gasteiger partial charge in [-0.05, 0) is 55.0 Å². The number of nitrogens with one attached hydrogen (secondary N) is 1. The first-order valence-electron chi connectivity index (χ1n) is 9.58. The maximum absolute atomic E-state index is 12.4. The van der Waals surface area contributed by atoms with Gasteiger partial charge in [0.15, 0.2) is 0 Å². The molecule has 5 heteroatoms. The summed E-state index contributed by atoms with van der Waals surface area (Å²) in [4.78, 5) is 27.2. The highest BCUT2D eigenvalue weighted by Gasteiger charge is 2.19. The second-order valence-corrected chi connectivity index (χ2v) is 7.77. The Morgan fingerprint density at radius 2 is 1.93 bits per heavy atom. The third-order valence-electron chi connectivity index (χ3n) is 4.50. The smallest absolute Gasteiger partial charge is 0.253 e. The van der Waals surface area contributed by atoms with Gasteiger partial charge < -0.3 is 10.2 Å². The molecule has 3 rings (SSSR count). The zero-order valence-corrected chi connectivity index (χ0v) is 16.8. The van der Waals surface area contributed by atoms with Crippen molar-refractivity contribution in [2.24, 2.45) is 0 Å². The number of amides is 2. The lowest BCUT2D eigenvalue weighted by Gasteiger charge is -2.26. The quantitative estimate of drug-likeness (QED) is 0.616. The van der Waals surface area contributed by atoms with Crippen LogP contribution in [0.4, 0.5) is 5.69 Å². The minimum atomic E-state index is -0.107. The number of benzene rings is 2. The molecule has 1 fully saturated rings. The standard InChI is InChI=1S/C23H24N2O2S/c1-2-28-21-10-4-3-9-20(21)23(27)24-16-7-8-18-12-14-19(15-13-18)25-17-6-5-11-22(25)26/h3-4,9-10,12-15H,2,5-6,11,16-17H2,1H3,(H,24,27). The van der Waals surface area contributed by atoms with Crippen molar-refractivity contribution in [2.75, 3.05) is 23.7 Å². The van der Waals surface area contributed by atoms with Crippen LogP contribution in [0, 0.1) is 11.8 Å². The molecule has 28 heavy (non-hydrogen) atoms. The van der Waals surface area contributed by atoms with Gasteiger partial charge >= 0.3 is 0 Å². The number of hydrogen-bond donors (Lipinski definition) is 1. The largest absolute Gasteiger partial charge is 0.341 e. The summed E-state index contributed by atoms with van der Waals surface area (Å²) in [5.74, 6) is 7.05. The monoisotopic (exact) mass is 392 g/mol. The van der Waals surface area contributed by atoms with Crippen molar-refractivity contribution in [2.45, 2.75) is 31.1 Å². The Bertz CT molecular complexity index is 897. The van der Waals surface area contributed by atoms with Crippen molar-refractivity contribution in [1.82, 2.24) is 5.32 Å². The molecule has 0 bridgehead atoms. The van der Waals surface area contributed by atoms with E-state index in [2.05, 4.69) is 24.1 Å². The third-order valence-corrected chi connectivity index (χ3v) is 5.46. The highest BCUT2D eigenvalue weighted by molar-refractivity contribution is 7.99. The van der Waals surface area contributed by atoms with Gasteiger partial charge in [-0.25, -0.2) is 0 Å². The van der Waals surface area contributed by atoms with E-state index in [1.165, 1.54) is 0 Å². The van der Waals surface area contributed by atoms with Crippen molar-refractivity contribution in [3.05, 3.63) is 59.7 Å². The molecule has 1 saturated heterocycles. The number of hydrogen-bond acceptors (Lipinski definition) is 3. The van der Waals surface area contributed by atoms with Gasteiger partial charge in [-0.3, -0.25) is 9.59 Å². The van der Waals surface area contributed by atoms with E-state index in [1.807, 2.05) is 53.4 Å². The van der Waals surface area contributed by atoms with Crippen LogP contribution >= 0.6 is 11.8 Å². The van der Waals surface area contributed by atoms with E-state index in [0.29, 0.717) is 12.0 Å². The Morgan fingerprint density at radius 3 is 2.68 bits per heavy atom. The summed E-state index contributed by atoms with van der Waals surface area (Å²) in [6.07, 6.45) is 2.65. The molecule has 0 radical (unpaired) electrons. The molecule has 0 aromatic heterocycles. The number of piperidine rings is 1. The fourth-order valence-corrected chi connectivity index (χ4v) is 3.91. The number of carbonyl (C=O) groups excluding carboxylic acids is 2. The number of anilines is 1. The lowest BCUT2D eigenvalue weighted by atomic mass is 10.1. The molecule has 0 aliphatic carbocycles. The van der Waals surface area contributed by atoms with Gasteiger partial charge in [-0.1, -0.05) is 30.9 Å². The highest BCUT2D eigenvalue weighted by atomic mass is 32.2. The van der Waals surface area contributed by atoms with Crippen LogP contribution < -0.4 is 10.2 Å². The molecule has 2 aromatic rings. The Morgan fingerprint density at radius 1 is 1.14 bits per heavy atom. The molecular formula is C23H24N2O2S. The summed E-state index contributed by atoms with van der Waals surface area (Å²) in [6, 6.07) is 15.3. The summed E-state index contributed by atoms with van der Waals surface area (Å²) < 4.78 is 0. The molecule has 1 aliphatic rings. The first-order valence-corrected chi connectivity index (χ1v) is 10.6. The summed E-state index contributed by atoms with van der Waals surface area (Å²) in [7, 11) is 0. The summed E-state index contributed by atoms with van der Waals surface area (Å²) in [6.45, 7) is 3.14. The van der Waals surface area contributed by atoms with Crippen LogP contribution in [0.25, 0.3) is 0 Å². The Labute approximate surface area is 170 Å². The maximum atomic E-state index is 12.4. The molecule has 0 atom stereocenters. The molecule has 1 aliphatic heterocycles. The van der Waals surface area contributed by atoms with Crippen molar-refractivity contribution >= 4 is 29.3 Å². The highest BCUT2D eigenvalue weighted by Crippen LogP contribution is 2.22. The predicted octanol–water partition coefficient (Wildman–Crippen LogP) is 4.10. The molecule has 2 amide bonds. The van der Waals surface area contributed by atoms with E-state index < -0.39 is 0 Å². The fraction of sp³-hybridized carbons (Fsp3) is 0.304. The fourth-order valence-electron chi connectivity index (χ4n) is 3.11. The van der Waals surface area contributed by atoms with Crippen LogP contribution in [0.1, 0.15) is 42.1 Å². The summed E-state index contributed by atoms with van der Waals surface area (Å²) in [5, 5.41) is 2.86. The lowest BCUT2D eigenvalue weighted by Crippen LogP contribution is -2.35. The van der Waals surface area contributed by atoms with Crippen molar-refractivity contribution in [3.63, 3.8) is 0 Å². The van der Waals surface area contributed by atoms with Gasteiger partial charge in [0, 0.05) is 29.1 Å². The van der Waals surface area contributed by atoms with Crippen LogP contribution in [-0.4, -0.2) is 30.7 Å². The first-order chi connectivity index (χ1) is 13.7. The number of nitrogens with zero attached hydrogens (tertiary/aromatic N) is 1. The predicted molar refractivity (Wildman–Crippen MR) is 115 cm³/mol. The number of rotatable bonds is 5. The zero-order valence-electron chi connectivity index (χ0n) is 16.0. The topological polar surface area (TPSA) is 49.4 Å². The van der Waals surface area contributed by atoms with E-state index in [4.69, 9.17) is 0 Å². The third kappa shape index (κ3) is 5.17. The van der Waals surface area contributed by atoms with Gasteiger partial charge in [0.1, 0.15) is 0 Å². The maximum Gasteiger partial charge on any atom is 0.253 e. The molecule has 1 N–H and O–H groups in total. The molecule has 4 nitrogen and oxygen atoms in total. The van der Waals surface area contributed by atoms with Gasteiger partial charge in [0.2, 0.25) is 5.91 Å². The molecule has 2 aromatic carbocycles. The van der Waals surface area contributed by atoms with Crippen molar-refractivity contribution < 1.29 is 9.59 Å². The van der Waals surface area contributed by atoms with Gasteiger partial charge in [-0.15, -0.1) is 11.8 Å². The Hall–Kier alpha value is -2.71. The van der Waals surface area contributed by atoms with Gasteiger partial charge in [0.25, 0.3) is 5.91 Å². The van der Waals surface area contributed by atoms with Gasteiger partial charge in [-0.2, -0.15) is 0 Å². The average Bonchev–Trinajstić information content (AvgIpc) is 2.73. The normalized spacial score (nSPS) is 13.6. The van der Waals surface area contributed by atoms with Crippen LogP contribution in [0.5, 0.6) is 0 Å². The Kier molecular flexibility index (Phi) is 7.16. The van der Waals surface area contributed by atoms with Crippen molar-refractivity contribution in [1.29, 1.82) is 0 Å². The molecule has 0 spiro atoms. The second kappa shape index (κ2) is 10.0. The molecular weight excluding hydrogens is 368 g/mol. The number of thioether (sulfide) groups is 1. The SMILES string of the molecule is CCSc1ccccc1C(=O)NCC#Cc1ccc(N2CCCCC2=O)cc1. The Balaban J connectivity index is 1.56. The minimum absolute atomic E-state index is 0.107. The van der Waals surface area contributed by atoms with Crippen molar-refractivity contribution in [3.8, 4) is 11.8 Å².